The molecule has 1 saturated heterocycles. The number of nitrogens with zero attached hydrogens (tertiary/aromatic N) is 5. The predicted molar refractivity (Wildman–Crippen MR) is 140 cm³/mol. The third-order valence-electron chi connectivity index (χ3n) is 6.27. The SMILES string of the molecule is C=CC(=O)N1CCC[C@@H](n2nc(-c3ccc(C(=O)Nc4ccccn4)cc3)c3c(N)ncc(Cl)c32)C1. The van der Waals surface area contributed by atoms with Crippen molar-refractivity contribution in [3.63, 3.8) is 0 Å². The lowest BCUT2D eigenvalue weighted by Gasteiger charge is -2.32. The Balaban J connectivity index is 1.51. The number of halogens is 1. The van der Waals surface area contributed by atoms with Gasteiger partial charge in [0.2, 0.25) is 5.91 Å². The molecule has 0 unspecified atom stereocenters. The number of hydrogen-bond donors (Lipinski definition) is 2. The number of fused-ring (bicyclic) bond motifs is 1. The maximum absolute atomic E-state index is 12.6. The summed E-state index contributed by atoms with van der Waals surface area (Å²) in [5.74, 6) is 0.404. The quantitative estimate of drug-likeness (QED) is 0.393. The Morgan fingerprint density at radius 1 is 1.17 bits per heavy atom. The predicted octanol–water partition coefficient (Wildman–Crippen LogP) is 4.33. The fraction of sp³-hybridized carbons (Fsp3) is 0.192. The van der Waals surface area contributed by atoms with Crippen molar-refractivity contribution in [2.24, 2.45) is 0 Å². The van der Waals surface area contributed by atoms with Gasteiger partial charge in [-0.1, -0.05) is 36.4 Å². The highest BCUT2D eigenvalue weighted by molar-refractivity contribution is 6.35. The maximum Gasteiger partial charge on any atom is 0.256 e. The normalized spacial score (nSPS) is 15.6. The number of carbonyl (C=O) groups is 2. The number of rotatable bonds is 5. The van der Waals surface area contributed by atoms with E-state index in [1.165, 1.54) is 12.3 Å². The molecule has 9 nitrogen and oxygen atoms in total. The molecule has 0 aliphatic carbocycles. The first-order chi connectivity index (χ1) is 17.5. The lowest BCUT2D eigenvalue weighted by atomic mass is 10.0. The van der Waals surface area contributed by atoms with Crippen LogP contribution in [0.5, 0.6) is 0 Å². The first kappa shape index (κ1) is 23.5. The molecule has 0 radical (unpaired) electrons. The topological polar surface area (TPSA) is 119 Å². The average Bonchev–Trinajstić information content (AvgIpc) is 3.33. The zero-order valence-electron chi connectivity index (χ0n) is 19.4. The summed E-state index contributed by atoms with van der Waals surface area (Å²) in [5, 5.41) is 8.74. The van der Waals surface area contributed by atoms with Gasteiger partial charge in [-0.2, -0.15) is 5.10 Å². The van der Waals surface area contributed by atoms with Crippen LogP contribution in [-0.4, -0.2) is 49.6 Å². The Labute approximate surface area is 212 Å². The zero-order chi connectivity index (χ0) is 25.2. The Morgan fingerprint density at radius 2 is 1.97 bits per heavy atom. The van der Waals surface area contributed by atoms with Gasteiger partial charge in [0, 0.05) is 30.4 Å². The monoisotopic (exact) mass is 501 g/mol. The standard InChI is InChI=1S/C26H24ClN7O2/c1-2-21(35)33-13-5-6-18(15-33)34-24-19(27)14-30-25(28)22(24)23(32-34)16-8-10-17(11-9-16)26(36)31-20-7-3-4-12-29-20/h2-4,7-12,14,18H,1,5-6,13,15H2,(H2,28,30)(H,29,31,36)/t18-/m1/s1. The molecular formula is C26H24ClN7O2. The van der Waals surface area contributed by atoms with Crippen LogP contribution < -0.4 is 11.1 Å². The van der Waals surface area contributed by atoms with Crippen molar-refractivity contribution < 1.29 is 9.59 Å². The smallest absolute Gasteiger partial charge is 0.256 e. The van der Waals surface area contributed by atoms with Gasteiger partial charge in [-0.3, -0.25) is 14.3 Å². The first-order valence-electron chi connectivity index (χ1n) is 11.5. The summed E-state index contributed by atoms with van der Waals surface area (Å²) in [4.78, 5) is 35.0. The van der Waals surface area contributed by atoms with Crippen LogP contribution in [0.4, 0.5) is 11.6 Å². The number of piperidine rings is 1. The molecule has 5 rings (SSSR count). The minimum atomic E-state index is -0.269. The van der Waals surface area contributed by atoms with Gasteiger partial charge >= 0.3 is 0 Å². The molecular weight excluding hydrogens is 478 g/mol. The van der Waals surface area contributed by atoms with Gasteiger partial charge in [0.25, 0.3) is 5.91 Å². The van der Waals surface area contributed by atoms with Gasteiger partial charge in [0.05, 0.1) is 28.2 Å². The molecule has 1 fully saturated rings. The van der Waals surface area contributed by atoms with Crippen molar-refractivity contribution in [1.82, 2.24) is 24.6 Å². The zero-order valence-corrected chi connectivity index (χ0v) is 20.2. The van der Waals surface area contributed by atoms with Crippen molar-refractivity contribution in [1.29, 1.82) is 0 Å². The summed E-state index contributed by atoms with van der Waals surface area (Å²) in [7, 11) is 0. The molecule has 10 heteroatoms. The van der Waals surface area contributed by atoms with Crippen LogP contribution >= 0.6 is 11.6 Å². The van der Waals surface area contributed by atoms with Gasteiger partial charge in [0.15, 0.2) is 0 Å². The Bertz CT molecular complexity index is 1450. The van der Waals surface area contributed by atoms with E-state index >= 15 is 0 Å². The molecule has 1 aromatic carbocycles. The van der Waals surface area contributed by atoms with Gasteiger partial charge < -0.3 is 16.0 Å². The van der Waals surface area contributed by atoms with Crippen molar-refractivity contribution in [2.45, 2.75) is 18.9 Å². The minimum absolute atomic E-state index is 0.0818. The first-order valence-corrected chi connectivity index (χ1v) is 11.9. The number of anilines is 2. The van der Waals surface area contributed by atoms with Gasteiger partial charge in [-0.15, -0.1) is 0 Å². The largest absolute Gasteiger partial charge is 0.383 e. The lowest BCUT2D eigenvalue weighted by molar-refractivity contribution is -0.127. The summed E-state index contributed by atoms with van der Waals surface area (Å²) in [6.07, 6.45) is 6.13. The van der Waals surface area contributed by atoms with E-state index in [0.29, 0.717) is 51.9 Å². The van der Waals surface area contributed by atoms with E-state index in [9.17, 15) is 9.59 Å². The average molecular weight is 502 g/mol. The molecule has 3 aromatic heterocycles. The van der Waals surface area contributed by atoms with E-state index in [1.54, 1.807) is 41.4 Å². The van der Waals surface area contributed by atoms with Crippen LogP contribution in [0.3, 0.4) is 0 Å². The highest BCUT2D eigenvalue weighted by Gasteiger charge is 2.28. The molecule has 0 bridgehead atoms. The molecule has 0 spiro atoms. The number of aromatic nitrogens is 4. The second-order valence-corrected chi connectivity index (χ2v) is 8.95. The van der Waals surface area contributed by atoms with E-state index in [0.717, 1.165) is 18.4 Å². The van der Waals surface area contributed by atoms with Crippen LogP contribution in [0.1, 0.15) is 29.2 Å². The van der Waals surface area contributed by atoms with E-state index in [2.05, 4.69) is 21.9 Å². The molecule has 0 saturated carbocycles. The van der Waals surface area contributed by atoms with E-state index in [1.807, 2.05) is 16.8 Å². The number of amides is 2. The van der Waals surface area contributed by atoms with Crippen molar-refractivity contribution in [3.8, 4) is 11.3 Å². The number of nitrogens with two attached hydrogens (primary N) is 1. The second kappa shape index (κ2) is 9.79. The molecule has 2 amide bonds. The summed E-state index contributed by atoms with van der Waals surface area (Å²) >= 11 is 6.59. The maximum atomic E-state index is 12.6. The van der Waals surface area contributed by atoms with Crippen LogP contribution in [-0.2, 0) is 4.79 Å². The van der Waals surface area contributed by atoms with Crippen LogP contribution in [0.25, 0.3) is 22.2 Å². The molecule has 1 atom stereocenters. The van der Waals surface area contributed by atoms with Crippen LogP contribution in [0.2, 0.25) is 5.02 Å². The number of likely N-dealkylation sites (tertiary alicyclic amines) is 1. The molecule has 1 aliphatic heterocycles. The fourth-order valence-corrected chi connectivity index (χ4v) is 4.74. The summed E-state index contributed by atoms with van der Waals surface area (Å²) in [6.45, 7) is 4.77. The highest BCUT2D eigenvalue weighted by atomic mass is 35.5. The van der Waals surface area contributed by atoms with Crippen molar-refractivity contribution in [3.05, 3.63) is 78.1 Å². The lowest BCUT2D eigenvalue weighted by Crippen LogP contribution is -2.40. The molecule has 1 aliphatic rings. The molecule has 36 heavy (non-hydrogen) atoms. The summed E-state index contributed by atoms with van der Waals surface area (Å²) in [5.41, 5.74) is 8.82. The molecule has 4 aromatic rings. The van der Waals surface area contributed by atoms with E-state index < -0.39 is 0 Å². The third-order valence-corrected chi connectivity index (χ3v) is 6.54. The summed E-state index contributed by atoms with van der Waals surface area (Å²) < 4.78 is 1.86. The molecule has 182 valence electrons. The van der Waals surface area contributed by atoms with E-state index in [-0.39, 0.29) is 17.9 Å². The second-order valence-electron chi connectivity index (χ2n) is 8.54. The number of nitrogens with one attached hydrogen (secondary N) is 1. The highest BCUT2D eigenvalue weighted by Crippen LogP contribution is 2.38. The Hall–Kier alpha value is -4.24. The van der Waals surface area contributed by atoms with Gasteiger partial charge in [-0.25, -0.2) is 9.97 Å². The fourth-order valence-electron chi connectivity index (χ4n) is 4.51. The number of nitrogen functional groups attached to an aromatic ring is 1. The van der Waals surface area contributed by atoms with Crippen molar-refractivity contribution >= 4 is 46.0 Å². The Kier molecular flexibility index (Phi) is 6.39. The molecule has 4 heterocycles. The summed E-state index contributed by atoms with van der Waals surface area (Å²) in [6, 6.07) is 12.3. The van der Waals surface area contributed by atoms with Crippen LogP contribution in [0, 0.1) is 0 Å². The van der Waals surface area contributed by atoms with Gasteiger partial charge in [0.1, 0.15) is 17.3 Å². The minimum Gasteiger partial charge on any atom is -0.383 e. The Morgan fingerprint density at radius 3 is 2.69 bits per heavy atom. The van der Waals surface area contributed by atoms with Gasteiger partial charge in [-0.05, 0) is 43.2 Å². The third kappa shape index (κ3) is 4.40. The van der Waals surface area contributed by atoms with Crippen molar-refractivity contribution in [2.75, 3.05) is 24.1 Å². The molecule has 3 N–H and O–H groups in total. The van der Waals surface area contributed by atoms with E-state index in [4.69, 9.17) is 22.4 Å². The number of hydrogen-bond acceptors (Lipinski definition) is 6. The van der Waals surface area contributed by atoms with Crippen LogP contribution in [0.15, 0.2) is 67.5 Å². The number of pyridine rings is 2. The number of carbonyl (C=O) groups excluding carboxylic acids is 2. The number of benzene rings is 1.